The minimum atomic E-state index is 0.167. The highest BCUT2D eigenvalue weighted by Crippen LogP contribution is 1.91. The molecule has 0 fully saturated rings. The van der Waals surface area contributed by atoms with E-state index in [-0.39, 0.29) is 15.5 Å². The van der Waals surface area contributed by atoms with Crippen LogP contribution in [0, 0.1) is 0 Å². The third-order valence-electron chi connectivity index (χ3n) is 6.01. The van der Waals surface area contributed by atoms with Crippen LogP contribution in [0.3, 0.4) is 0 Å². The minimum absolute atomic E-state index is 0.167. The SMILES string of the molecule is CCC[NH+](CCC)CCC.CCC[NH+](CCC)CCC.CCC[NH+](CCC)CCC.[S-]c1nc([S-])nc([S-])n1. The number of hydrogen-bond donors (Lipinski definition) is 3. The Hall–Kier alpha value is -0.450. The summed E-state index contributed by atoms with van der Waals surface area (Å²) >= 11 is 13.8. The zero-order valence-corrected chi connectivity index (χ0v) is 29.7. The summed E-state index contributed by atoms with van der Waals surface area (Å²) in [4.78, 5) is 16.1. The second kappa shape index (κ2) is 33.8. The van der Waals surface area contributed by atoms with Gasteiger partial charge in [0.25, 0.3) is 0 Å². The largest absolute Gasteiger partial charge is 0.740 e. The highest BCUT2D eigenvalue weighted by Gasteiger charge is 2.03. The van der Waals surface area contributed by atoms with Crippen molar-refractivity contribution >= 4 is 37.9 Å². The molecule has 3 N–H and O–H groups in total. The third kappa shape index (κ3) is 31.9. The Labute approximate surface area is 261 Å². The second-order valence-corrected chi connectivity index (χ2v) is 11.3. The Bertz CT molecular complexity index is 474. The van der Waals surface area contributed by atoms with Gasteiger partial charge in [-0.25, -0.2) is 0 Å². The Morgan fingerprint density at radius 3 is 0.564 bits per heavy atom. The van der Waals surface area contributed by atoms with Gasteiger partial charge < -0.3 is 52.6 Å². The molecule has 0 aromatic carbocycles. The molecule has 0 aliphatic heterocycles. The van der Waals surface area contributed by atoms with Gasteiger partial charge in [0, 0.05) is 15.5 Å². The van der Waals surface area contributed by atoms with Crippen molar-refractivity contribution < 1.29 is 14.7 Å². The Morgan fingerprint density at radius 1 is 0.333 bits per heavy atom. The van der Waals surface area contributed by atoms with Crippen molar-refractivity contribution in [2.45, 2.75) is 136 Å². The monoisotopic (exact) mass is 606 g/mol. The quantitative estimate of drug-likeness (QED) is 0.224. The molecular weight excluding hydrogens is 541 g/mol. The van der Waals surface area contributed by atoms with Crippen molar-refractivity contribution in [2.75, 3.05) is 58.9 Å². The normalized spacial score (nSPS) is 10.5. The second-order valence-electron chi connectivity index (χ2n) is 10.2. The number of aromatic nitrogens is 3. The summed E-state index contributed by atoms with van der Waals surface area (Å²) in [7, 11) is 0. The van der Waals surface area contributed by atoms with Gasteiger partial charge in [-0.3, -0.25) is 15.0 Å². The lowest BCUT2D eigenvalue weighted by Gasteiger charge is -2.16. The highest BCUT2D eigenvalue weighted by atomic mass is 32.1. The standard InChI is InChI=1S/3C9H21N.C3H3N3S3/c3*1-4-7-10(8-5-2)9-6-3;7-1-4-2(8)6-3(9)5-1/h3*4-9H2,1-3H3;(H3,4,5,6,7,8,9). The van der Waals surface area contributed by atoms with Crippen LogP contribution < -0.4 is 14.7 Å². The number of hydrogen-bond acceptors (Lipinski definition) is 6. The van der Waals surface area contributed by atoms with Gasteiger partial charge in [-0.15, -0.1) is 0 Å². The van der Waals surface area contributed by atoms with Gasteiger partial charge in [-0.1, -0.05) is 62.3 Å². The maximum absolute atomic E-state index is 4.59. The van der Waals surface area contributed by atoms with Crippen molar-refractivity contribution in [1.82, 2.24) is 15.0 Å². The van der Waals surface area contributed by atoms with E-state index in [1.165, 1.54) is 117 Å². The third-order valence-corrected chi connectivity index (χ3v) is 6.55. The van der Waals surface area contributed by atoms with Crippen LogP contribution in [0.15, 0.2) is 15.5 Å². The zero-order chi connectivity index (χ0) is 30.3. The summed E-state index contributed by atoms with van der Waals surface area (Å²) in [5.41, 5.74) is 0. The number of nitrogens with one attached hydrogen (secondary N) is 3. The first-order valence-corrected chi connectivity index (χ1v) is 17.2. The summed E-state index contributed by atoms with van der Waals surface area (Å²) < 4.78 is 0. The first-order chi connectivity index (χ1) is 18.7. The van der Waals surface area contributed by atoms with Crippen LogP contribution in [-0.4, -0.2) is 73.9 Å². The van der Waals surface area contributed by atoms with Crippen LogP contribution in [0.4, 0.5) is 0 Å². The number of quaternary nitrogens is 3. The van der Waals surface area contributed by atoms with Crippen LogP contribution in [0.2, 0.25) is 0 Å². The van der Waals surface area contributed by atoms with Crippen molar-refractivity contribution in [3.8, 4) is 0 Å². The minimum Gasteiger partial charge on any atom is -0.740 e. The number of nitrogens with zero attached hydrogens (tertiary/aromatic N) is 3. The molecule has 0 spiro atoms. The smallest absolute Gasteiger partial charge is 0.0768 e. The van der Waals surface area contributed by atoms with Crippen LogP contribution >= 0.6 is 0 Å². The van der Waals surface area contributed by atoms with Crippen molar-refractivity contribution in [1.29, 1.82) is 0 Å². The molecule has 1 heterocycles. The van der Waals surface area contributed by atoms with Crippen LogP contribution in [0.1, 0.15) is 120 Å². The zero-order valence-electron chi connectivity index (χ0n) is 27.3. The first kappa shape index (κ1) is 43.0. The molecule has 1 aromatic heterocycles. The summed E-state index contributed by atoms with van der Waals surface area (Å²) in [5, 5.41) is 0.500. The fourth-order valence-electron chi connectivity index (χ4n) is 4.63. The maximum atomic E-state index is 4.59. The van der Waals surface area contributed by atoms with Crippen molar-refractivity contribution in [3.63, 3.8) is 0 Å². The van der Waals surface area contributed by atoms with E-state index in [2.05, 4.69) is 115 Å². The molecule has 0 aliphatic carbocycles. The van der Waals surface area contributed by atoms with E-state index in [1.54, 1.807) is 14.7 Å². The van der Waals surface area contributed by atoms with E-state index >= 15 is 0 Å². The molecule has 1 rings (SSSR count). The average Bonchev–Trinajstić information content (AvgIpc) is 2.86. The van der Waals surface area contributed by atoms with Gasteiger partial charge in [0.05, 0.1) is 58.9 Å². The van der Waals surface area contributed by atoms with Gasteiger partial charge in [-0.05, 0) is 57.8 Å². The lowest BCUT2D eigenvalue weighted by molar-refractivity contribution is -0.900. The molecule has 234 valence electrons. The Balaban J connectivity index is -0.000000443. The average molecular weight is 607 g/mol. The molecular formula is C30H66N6S3. The van der Waals surface area contributed by atoms with Gasteiger partial charge in [0.2, 0.25) is 0 Å². The molecule has 0 aliphatic rings. The predicted octanol–water partition coefficient (Wildman–Crippen LogP) is 2.89. The first-order valence-electron chi connectivity index (χ1n) is 16.0. The lowest BCUT2D eigenvalue weighted by Crippen LogP contribution is -3.11. The van der Waals surface area contributed by atoms with E-state index in [1.807, 2.05) is 0 Å². The molecule has 0 atom stereocenters. The molecule has 9 heteroatoms. The predicted molar refractivity (Wildman–Crippen MR) is 176 cm³/mol. The summed E-state index contributed by atoms with van der Waals surface area (Å²) in [6.07, 6.45) is 12.0. The van der Waals surface area contributed by atoms with Crippen LogP contribution in [0.5, 0.6) is 0 Å². The van der Waals surface area contributed by atoms with Crippen molar-refractivity contribution in [2.24, 2.45) is 0 Å². The fraction of sp³-hybridized carbons (Fsp3) is 0.900. The lowest BCUT2D eigenvalue weighted by atomic mass is 10.3. The fourth-order valence-corrected chi connectivity index (χ4v) is 5.32. The summed E-state index contributed by atoms with van der Waals surface area (Å²) in [6, 6.07) is 0. The summed E-state index contributed by atoms with van der Waals surface area (Å²) in [6.45, 7) is 32.7. The molecule has 39 heavy (non-hydrogen) atoms. The molecule has 1 aromatic rings. The molecule has 0 amide bonds. The van der Waals surface area contributed by atoms with Gasteiger partial charge in [-0.2, -0.15) is 0 Å². The van der Waals surface area contributed by atoms with E-state index in [4.69, 9.17) is 0 Å². The molecule has 0 saturated carbocycles. The number of rotatable bonds is 18. The van der Waals surface area contributed by atoms with Crippen molar-refractivity contribution in [3.05, 3.63) is 0 Å². The van der Waals surface area contributed by atoms with Gasteiger partial charge >= 0.3 is 0 Å². The highest BCUT2D eigenvalue weighted by molar-refractivity contribution is 7.59. The maximum Gasteiger partial charge on any atom is 0.0768 e. The van der Waals surface area contributed by atoms with Gasteiger partial charge in [0.15, 0.2) is 0 Å². The van der Waals surface area contributed by atoms with E-state index in [0.29, 0.717) is 0 Å². The van der Waals surface area contributed by atoms with E-state index in [9.17, 15) is 0 Å². The van der Waals surface area contributed by atoms with E-state index in [0.717, 1.165) is 0 Å². The molecule has 0 unspecified atom stereocenters. The molecule has 0 radical (unpaired) electrons. The van der Waals surface area contributed by atoms with Gasteiger partial charge in [0.1, 0.15) is 0 Å². The summed E-state index contributed by atoms with van der Waals surface area (Å²) in [5.74, 6) is 0. The van der Waals surface area contributed by atoms with E-state index < -0.39 is 0 Å². The molecule has 0 bridgehead atoms. The Morgan fingerprint density at radius 2 is 0.462 bits per heavy atom. The topological polar surface area (TPSA) is 52.0 Å². The van der Waals surface area contributed by atoms with Crippen LogP contribution in [0.25, 0.3) is 0 Å². The van der Waals surface area contributed by atoms with Crippen LogP contribution in [-0.2, 0) is 37.9 Å². The Kier molecular flexibility index (Phi) is 37.2. The molecule has 6 nitrogen and oxygen atoms in total. The molecule has 0 saturated heterocycles.